The van der Waals surface area contributed by atoms with Crippen molar-refractivity contribution in [3.05, 3.63) is 0 Å². The van der Waals surface area contributed by atoms with E-state index >= 15 is 0 Å². The number of hydrogen-bond acceptors (Lipinski definition) is 3. The Balaban J connectivity index is 1.39. The quantitative estimate of drug-likeness (QED) is 0.855. The molecular weight excluding hydrogens is 248 g/mol. The molecule has 0 aromatic rings. The molecule has 20 heavy (non-hydrogen) atoms. The summed E-state index contributed by atoms with van der Waals surface area (Å²) in [7, 11) is 0. The summed E-state index contributed by atoms with van der Waals surface area (Å²) >= 11 is 0. The highest BCUT2D eigenvalue weighted by Crippen LogP contribution is 2.45. The van der Waals surface area contributed by atoms with Crippen LogP contribution in [0.5, 0.6) is 0 Å². The molecular formula is C17H30N2O. The number of rotatable bonds is 4. The van der Waals surface area contributed by atoms with Crippen LogP contribution in [0.25, 0.3) is 0 Å². The Morgan fingerprint density at radius 1 is 1.00 bits per heavy atom. The van der Waals surface area contributed by atoms with Gasteiger partial charge in [-0.1, -0.05) is 0 Å². The van der Waals surface area contributed by atoms with Crippen molar-refractivity contribution < 1.29 is 4.74 Å². The molecule has 0 aromatic heterocycles. The minimum atomic E-state index is 0.310. The zero-order valence-electron chi connectivity index (χ0n) is 12.8. The first-order valence-corrected chi connectivity index (χ1v) is 8.95. The van der Waals surface area contributed by atoms with Crippen molar-refractivity contribution in [3.8, 4) is 0 Å². The molecule has 1 spiro atoms. The highest BCUT2D eigenvalue weighted by atomic mass is 16.5. The van der Waals surface area contributed by atoms with Crippen molar-refractivity contribution in [1.82, 2.24) is 10.2 Å². The minimum absolute atomic E-state index is 0.310. The van der Waals surface area contributed by atoms with Crippen molar-refractivity contribution in [3.63, 3.8) is 0 Å². The molecule has 2 aliphatic heterocycles. The van der Waals surface area contributed by atoms with E-state index in [1.165, 1.54) is 77.4 Å². The van der Waals surface area contributed by atoms with Gasteiger partial charge in [-0.25, -0.2) is 0 Å². The zero-order valence-corrected chi connectivity index (χ0v) is 12.8. The van der Waals surface area contributed by atoms with Crippen LogP contribution >= 0.6 is 0 Å². The molecule has 4 rings (SSSR count). The summed E-state index contributed by atoms with van der Waals surface area (Å²) in [5, 5.41) is 3.51. The summed E-state index contributed by atoms with van der Waals surface area (Å²) < 4.78 is 6.14. The van der Waals surface area contributed by atoms with Gasteiger partial charge in [0.25, 0.3) is 0 Å². The Labute approximate surface area is 123 Å². The van der Waals surface area contributed by atoms with Gasteiger partial charge >= 0.3 is 0 Å². The lowest BCUT2D eigenvalue weighted by Crippen LogP contribution is -2.53. The molecule has 2 heterocycles. The molecule has 1 N–H and O–H groups in total. The van der Waals surface area contributed by atoms with E-state index in [2.05, 4.69) is 10.2 Å². The lowest BCUT2D eigenvalue weighted by Gasteiger charge is -2.50. The summed E-state index contributed by atoms with van der Waals surface area (Å²) in [5.74, 6) is 0.942. The largest absolute Gasteiger partial charge is 0.375 e. The van der Waals surface area contributed by atoms with Gasteiger partial charge < -0.3 is 10.1 Å². The normalized spacial score (nSPS) is 34.4. The molecule has 0 bridgehead atoms. The fourth-order valence-corrected chi connectivity index (χ4v) is 4.57. The molecule has 0 amide bonds. The van der Waals surface area contributed by atoms with Crippen molar-refractivity contribution in [2.75, 3.05) is 26.2 Å². The summed E-state index contributed by atoms with van der Waals surface area (Å²) in [5.41, 5.74) is 0.310. The van der Waals surface area contributed by atoms with Gasteiger partial charge in [0.2, 0.25) is 0 Å². The molecule has 2 saturated heterocycles. The average molecular weight is 278 g/mol. The number of piperidine rings is 1. The molecule has 3 nitrogen and oxygen atoms in total. The molecule has 114 valence electrons. The van der Waals surface area contributed by atoms with Crippen LogP contribution in [0.2, 0.25) is 0 Å². The van der Waals surface area contributed by atoms with Gasteiger partial charge in [0.05, 0.1) is 5.60 Å². The van der Waals surface area contributed by atoms with Crippen LogP contribution in [0.3, 0.4) is 0 Å². The molecule has 3 heteroatoms. The Morgan fingerprint density at radius 2 is 1.80 bits per heavy atom. The number of nitrogens with zero attached hydrogens (tertiary/aromatic N) is 1. The topological polar surface area (TPSA) is 24.5 Å². The van der Waals surface area contributed by atoms with Gasteiger partial charge in [-0.3, -0.25) is 4.90 Å². The second-order valence-corrected chi connectivity index (χ2v) is 7.65. The SMILES string of the molecule is C1CC2(C1)CC(N(CC1CCNCC1)C1CC1)CCO2. The van der Waals surface area contributed by atoms with Gasteiger partial charge in [-0.05, 0) is 76.8 Å². The van der Waals surface area contributed by atoms with Crippen LogP contribution in [0.1, 0.15) is 57.8 Å². The van der Waals surface area contributed by atoms with Crippen LogP contribution in [-0.2, 0) is 4.74 Å². The fourth-order valence-electron chi connectivity index (χ4n) is 4.57. The molecule has 4 aliphatic rings. The summed E-state index contributed by atoms with van der Waals surface area (Å²) in [6.07, 6.45) is 12.3. The van der Waals surface area contributed by atoms with Crippen molar-refractivity contribution >= 4 is 0 Å². The second-order valence-electron chi connectivity index (χ2n) is 7.65. The van der Waals surface area contributed by atoms with Gasteiger partial charge in [-0.2, -0.15) is 0 Å². The van der Waals surface area contributed by atoms with Crippen LogP contribution in [0.15, 0.2) is 0 Å². The molecule has 0 radical (unpaired) electrons. The summed E-state index contributed by atoms with van der Waals surface area (Å²) in [4.78, 5) is 2.92. The number of hydrogen-bond donors (Lipinski definition) is 1. The minimum Gasteiger partial charge on any atom is -0.375 e. The smallest absolute Gasteiger partial charge is 0.0697 e. The Bertz CT molecular complexity index is 332. The van der Waals surface area contributed by atoms with E-state index < -0.39 is 0 Å². The predicted molar refractivity (Wildman–Crippen MR) is 80.9 cm³/mol. The Kier molecular flexibility index (Phi) is 3.78. The summed E-state index contributed by atoms with van der Waals surface area (Å²) in [6, 6.07) is 1.75. The number of ether oxygens (including phenoxy) is 1. The first kappa shape index (κ1) is 13.5. The lowest BCUT2D eigenvalue weighted by molar-refractivity contribution is -0.150. The van der Waals surface area contributed by atoms with Crippen LogP contribution in [0.4, 0.5) is 0 Å². The third-order valence-corrected chi connectivity index (χ3v) is 6.14. The monoisotopic (exact) mass is 278 g/mol. The first-order valence-electron chi connectivity index (χ1n) is 8.95. The predicted octanol–water partition coefficient (Wildman–Crippen LogP) is 2.55. The van der Waals surface area contributed by atoms with Gasteiger partial charge in [-0.15, -0.1) is 0 Å². The highest BCUT2D eigenvalue weighted by molar-refractivity contribution is 4.99. The van der Waals surface area contributed by atoms with Crippen molar-refractivity contribution in [1.29, 1.82) is 0 Å². The van der Waals surface area contributed by atoms with Gasteiger partial charge in [0, 0.05) is 25.2 Å². The van der Waals surface area contributed by atoms with Crippen LogP contribution < -0.4 is 5.32 Å². The Morgan fingerprint density at radius 3 is 2.45 bits per heavy atom. The summed E-state index contributed by atoms with van der Waals surface area (Å²) in [6.45, 7) is 4.86. The van der Waals surface area contributed by atoms with E-state index in [0.717, 1.165) is 24.6 Å². The third kappa shape index (κ3) is 2.77. The van der Waals surface area contributed by atoms with Gasteiger partial charge in [0.1, 0.15) is 0 Å². The maximum Gasteiger partial charge on any atom is 0.0697 e. The molecule has 4 fully saturated rings. The number of nitrogens with one attached hydrogen (secondary N) is 1. The van der Waals surface area contributed by atoms with E-state index in [4.69, 9.17) is 4.74 Å². The fraction of sp³-hybridized carbons (Fsp3) is 1.00. The van der Waals surface area contributed by atoms with E-state index in [1.54, 1.807) is 0 Å². The maximum atomic E-state index is 6.14. The molecule has 2 aliphatic carbocycles. The molecule has 0 aromatic carbocycles. The average Bonchev–Trinajstić information content (AvgIpc) is 3.29. The zero-order chi connectivity index (χ0) is 13.4. The van der Waals surface area contributed by atoms with E-state index in [1.807, 2.05) is 0 Å². The molecule has 2 saturated carbocycles. The van der Waals surface area contributed by atoms with Crippen molar-refractivity contribution in [2.24, 2.45) is 5.92 Å². The van der Waals surface area contributed by atoms with Crippen molar-refractivity contribution in [2.45, 2.75) is 75.5 Å². The maximum absolute atomic E-state index is 6.14. The van der Waals surface area contributed by atoms with E-state index in [9.17, 15) is 0 Å². The van der Waals surface area contributed by atoms with Crippen LogP contribution in [-0.4, -0.2) is 48.8 Å². The second kappa shape index (κ2) is 5.58. The lowest BCUT2D eigenvalue weighted by atomic mass is 9.73. The van der Waals surface area contributed by atoms with Gasteiger partial charge in [0.15, 0.2) is 0 Å². The van der Waals surface area contributed by atoms with Crippen LogP contribution in [0, 0.1) is 5.92 Å². The first-order chi connectivity index (χ1) is 9.85. The molecule has 1 atom stereocenters. The standard InChI is InChI=1S/C17H30N2O/c1-7-17(8-1)12-16(6-11-20-17)19(15-2-3-15)13-14-4-9-18-10-5-14/h14-16,18H,1-13H2. The molecule has 1 unspecified atom stereocenters. The van der Waals surface area contributed by atoms with E-state index in [-0.39, 0.29) is 0 Å². The van der Waals surface area contributed by atoms with E-state index in [0.29, 0.717) is 5.60 Å². The third-order valence-electron chi connectivity index (χ3n) is 6.14. The Hall–Kier alpha value is -0.120. The highest BCUT2D eigenvalue weighted by Gasteiger charge is 2.46.